The molecule has 0 saturated carbocycles. The van der Waals surface area contributed by atoms with Gasteiger partial charge in [-0.3, -0.25) is 14.9 Å². The zero-order chi connectivity index (χ0) is 20.9. The molecule has 150 valence electrons. The van der Waals surface area contributed by atoms with Crippen molar-refractivity contribution in [1.29, 1.82) is 0 Å². The second kappa shape index (κ2) is 8.75. The molecule has 0 saturated heterocycles. The lowest BCUT2D eigenvalue weighted by Gasteiger charge is -2.02. The van der Waals surface area contributed by atoms with Gasteiger partial charge in [0.2, 0.25) is 0 Å². The standard InChI is InChI=1S/C22H19ClN6O/c1-15-6-5-9-17(10-15)21-18(11-24-26-19-12-25-27-22(30)20(19)23)14-29(28-21)13-16-7-3-2-4-8-16/h2-12,14H,13H2,1H3,(H2,26,27,30)/b24-11-. The lowest BCUT2D eigenvalue weighted by molar-refractivity contribution is 0.689. The van der Waals surface area contributed by atoms with Gasteiger partial charge in [0.1, 0.15) is 16.4 Å². The van der Waals surface area contributed by atoms with E-state index in [4.69, 9.17) is 16.7 Å². The van der Waals surface area contributed by atoms with E-state index < -0.39 is 5.56 Å². The van der Waals surface area contributed by atoms with Crippen LogP contribution in [0.3, 0.4) is 0 Å². The van der Waals surface area contributed by atoms with Crippen LogP contribution in [-0.2, 0) is 6.54 Å². The molecule has 0 aliphatic heterocycles. The summed E-state index contributed by atoms with van der Waals surface area (Å²) in [6.07, 6.45) is 5.00. The van der Waals surface area contributed by atoms with Crippen molar-refractivity contribution < 1.29 is 0 Å². The number of halogens is 1. The van der Waals surface area contributed by atoms with Crippen molar-refractivity contribution in [2.45, 2.75) is 13.5 Å². The summed E-state index contributed by atoms with van der Waals surface area (Å²) in [6.45, 7) is 2.69. The second-order valence-electron chi connectivity index (χ2n) is 6.78. The Morgan fingerprint density at radius 2 is 2.03 bits per heavy atom. The Kier molecular flexibility index (Phi) is 5.72. The van der Waals surface area contributed by atoms with Gasteiger partial charge in [0.25, 0.3) is 5.56 Å². The number of hydrazone groups is 1. The fourth-order valence-corrected chi connectivity index (χ4v) is 3.17. The molecule has 0 bridgehead atoms. The molecule has 2 N–H and O–H groups in total. The third-order valence-corrected chi connectivity index (χ3v) is 4.83. The summed E-state index contributed by atoms with van der Waals surface area (Å²) in [7, 11) is 0. The molecule has 0 fully saturated rings. The van der Waals surface area contributed by atoms with Crippen molar-refractivity contribution >= 4 is 23.5 Å². The van der Waals surface area contributed by atoms with Crippen molar-refractivity contribution in [2.24, 2.45) is 5.10 Å². The minimum Gasteiger partial charge on any atom is -0.275 e. The molecule has 0 aliphatic rings. The highest BCUT2D eigenvalue weighted by Gasteiger charge is 2.11. The van der Waals surface area contributed by atoms with E-state index in [1.54, 1.807) is 6.21 Å². The van der Waals surface area contributed by atoms with Crippen LogP contribution in [0.5, 0.6) is 0 Å². The van der Waals surface area contributed by atoms with Crippen LogP contribution in [0.1, 0.15) is 16.7 Å². The molecule has 0 radical (unpaired) electrons. The van der Waals surface area contributed by atoms with E-state index in [-0.39, 0.29) is 5.02 Å². The van der Waals surface area contributed by atoms with Crippen molar-refractivity contribution in [1.82, 2.24) is 20.0 Å². The molecular weight excluding hydrogens is 400 g/mol. The minimum atomic E-state index is -0.479. The first-order valence-corrected chi connectivity index (χ1v) is 9.68. The summed E-state index contributed by atoms with van der Waals surface area (Å²) in [6, 6.07) is 18.3. The smallest absolute Gasteiger partial charge is 0.275 e. The Morgan fingerprint density at radius 3 is 2.83 bits per heavy atom. The summed E-state index contributed by atoms with van der Waals surface area (Å²) in [5.74, 6) is 0. The second-order valence-corrected chi connectivity index (χ2v) is 7.16. The Morgan fingerprint density at radius 1 is 1.20 bits per heavy atom. The van der Waals surface area contributed by atoms with Crippen LogP contribution in [0, 0.1) is 6.92 Å². The Balaban J connectivity index is 1.66. The molecular formula is C22H19ClN6O. The number of nitrogens with zero attached hydrogens (tertiary/aromatic N) is 4. The van der Waals surface area contributed by atoms with Gasteiger partial charge < -0.3 is 0 Å². The number of rotatable bonds is 6. The topological polar surface area (TPSA) is 88.0 Å². The maximum absolute atomic E-state index is 11.6. The van der Waals surface area contributed by atoms with Crippen LogP contribution < -0.4 is 11.0 Å². The molecule has 7 nitrogen and oxygen atoms in total. The maximum Gasteiger partial charge on any atom is 0.285 e. The van der Waals surface area contributed by atoms with Crippen LogP contribution in [-0.4, -0.2) is 26.2 Å². The third kappa shape index (κ3) is 4.47. The van der Waals surface area contributed by atoms with Gasteiger partial charge in [0.05, 0.1) is 19.0 Å². The predicted octanol–water partition coefficient (Wildman–Crippen LogP) is 4.09. The molecule has 0 unspecified atom stereocenters. The summed E-state index contributed by atoms with van der Waals surface area (Å²) < 4.78 is 1.89. The van der Waals surface area contributed by atoms with E-state index in [1.807, 2.05) is 54.2 Å². The van der Waals surface area contributed by atoms with E-state index in [2.05, 4.69) is 38.9 Å². The highest BCUT2D eigenvalue weighted by molar-refractivity contribution is 6.32. The molecule has 0 aliphatic carbocycles. The number of aromatic amines is 1. The van der Waals surface area contributed by atoms with Gasteiger partial charge >= 0.3 is 0 Å². The molecule has 2 heterocycles. The van der Waals surface area contributed by atoms with E-state index in [0.717, 1.165) is 27.9 Å². The summed E-state index contributed by atoms with van der Waals surface area (Å²) in [5.41, 5.74) is 7.56. The van der Waals surface area contributed by atoms with Gasteiger partial charge in [-0.15, -0.1) is 0 Å². The van der Waals surface area contributed by atoms with Crippen molar-refractivity contribution in [2.75, 3.05) is 5.43 Å². The predicted molar refractivity (Wildman–Crippen MR) is 119 cm³/mol. The van der Waals surface area contributed by atoms with Gasteiger partial charge in [0, 0.05) is 17.3 Å². The highest BCUT2D eigenvalue weighted by Crippen LogP contribution is 2.23. The first kappa shape index (κ1) is 19.6. The number of benzene rings is 2. The minimum absolute atomic E-state index is 0.000769. The van der Waals surface area contributed by atoms with E-state index in [1.165, 1.54) is 6.20 Å². The summed E-state index contributed by atoms with van der Waals surface area (Å²) >= 11 is 5.98. The zero-order valence-electron chi connectivity index (χ0n) is 16.2. The zero-order valence-corrected chi connectivity index (χ0v) is 17.0. The largest absolute Gasteiger partial charge is 0.285 e. The summed E-state index contributed by atoms with van der Waals surface area (Å²) in [4.78, 5) is 11.6. The fraction of sp³-hybridized carbons (Fsp3) is 0.0909. The first-order valence-electron chi connectivity index (χ1n) is 9.31. The molecule has 0 atom stereocenters. The number of aromatic nitrogens is 4. The van der Waals surface area contributed by atoms with Crippen molar-refractivity contribution in [3.05, 3.63) is 99.1 Å². The quantitative estimate of drug-likeness (QED) is 0.364. The van der Waals surface area contributed by atoms with Crippen LogP contribution >= 0.6 is 11.6 Å². The lowest BCUT2D eigenvalue weighted by Crippen LogP contribution is -2.10. The third-order valence-electron chi connectivity index (χ3n) is 4.45. The molecule has 0 spiro atoms. The number of hydrogen-bond acceptors (Lipinski definition) is 5. The average molecular weight is 419 g/mol. The molecule has 4 aromatic rings. The van der Waals surface area contributed by atoms with Crippen LogP contribution in [0.2, 0.25) is 5.02 Å². The number of anilines is 1. The molecule has 4 rings (SSSR count). The lowest BCUT2D eigenvalue weighted by atomic mass is 10.1. The van der Waals surface area contributed by atoms with Gasteiger partial charge in [-0.05, 0) is 18.6 Å². The normalized spacial score (nSPS) is 11.1. The van der Waals surface area contributed by atoms with E-state index >= 15 is 0 Å². The molecule has 2 aromatic heterocycles. The van der Waals surface area contributed by atoms with Crippen molar-refractivity contribution in [3.8, 4) is 11.3 Å². The van der Waals surface area contributed by atoms with Gasteiger partial charge in [-0.1, -0.05) is 65.7 Å². The SMILES string of the molecule is Cc1cccc(-c2nn(Cc3ccccc3)cc2/C=N\Nc2cn[nH]c(=O)c2Cl)c1. The van der Waals surface area contributed by atoms with Crippen LogP contribution in [0.4, 0.5) is 5.69 Å². The fourth-order valence-electron chi connectivity index (χ4n) is 3.03. The molecule has 2 aromatic carbocycles. The number of aryl methyl sites for hydroxylation is 1. The maximum atomic E-state index is 11.6. The average Bonchev–Trinajstić information content (AvgIpc) is 3.14. The Hall–Kier alpha value is -3.71. The van der Waals surface area contributed by atoms with E-state index in [0.29, 0.717) is 12.2 Å². The number of nitrogens with one attached hydrogen (secondary N) is 2. The molecule has 8 heteroatoms. The Bertz CT molecular complexity index is 1250. The first-order chi connectivity index (χ1) is 14.6. The van der Waals surface area contributed by atoms with Crippen molar-refractivity contribution in [3.63, 3.8) is 0 Å². The van der Waals surface area contributed by atoms with E-state index in [9.17, 15) is 4.79 Å². The molecule has 0 amide bonds. The molecule has 30 heavy (non-hydrogen) atoms. The van der Waals surface area contributed by atoms with Crippen LogP contribution in [0.25, 0.3) is 11.3 Å². The Labute approximate surface area is 178 Å². The van der Waals surface area contributed by atoms with Gasteiger partial charge in [-0.25, -0.2) is 5.10 Å². The number of hydrogen-bond donors (Lipinski definition) is 2. The number of H-pyrrole nitrogens is 1. The summed E-state index contributed by atoms with van der Waals surface area (Å²) in [5, 5.41) is 15.0. The van der Waals surface area contributed by atoms with Crippen LogP contribution in [0.15, 0.2) is 76.9 Å². The monoisotopic (exact) mass is 418 g/mol. The highest BCUT2D eigenvalue weighted by atomic mass is 35.5. The van der Waals surface area contributed by atoms with Gasteiger partial charge in [-0.2, -0.15) is 15.3 Å². The van der Waals surface area contributed by atoms with Gasteiger partial charge in [0.15, 0.2) is 0 Å².